The number of aryl methyl sites for hydroxylation is 2. The van der Waals surface area contributed by atoms with Crippen LogP contribution in [0.25, 0.3) is 10.9 Å². The predicted molar refractivity (Wildman–Crippen MR) is 116 cm³/mol. The number of benzene rings is 1. The molecule has 2 N–H and O–H groups in total. The second kappa shape index (κ2) is 7.94. The zero-order valence-corrected chi connectivity index (χ0v) is 17.8. The lowest BCUT2D eigenvalue weighted by atomic mass is 9.75. The fourth-order valence-electron chi connectivity index (χ4n) is 4.26. The second-order valence-electron chi connectivity index (χ2n) is 8.87. The summed E-state index contributed by atoms with van der Waals surface area (Å²) in [5.74, 6) is 0.243. The molecule has 0 amide bonds. The fraction of sp³-hybridized carbons (Fsp3) is 0.500. The molecule has 0 spiro atoms. The van der Waals surface area contributed by atoms with E-state index in [4.69, 9.17) is 4.99 Å². The summed E-state index contributed by atoms with van der Waals surface area (Å²) >= 11 is 0. The molecule has 4 nitrogen and oxygen atoms in total. The van der Waals surface area contributed by atoms with Crippen LogP contribution in [0, 0.1) is 19.3 Å². The minimum Gasteiger partial charge on any atom is -0.511 e. The van der Waals surface area contributed by atoms with E-state index >= 15 is 0 Å². The van der Waals surface area contributed by atoms with Gasteiger partial charge in [0.05, 0.1) is 5.57 Å². The van der Waals surface area contributed by atoms with Crippen LogP contribution in [0.4, 0.5) is 0 Å². The standard InChI is InChI=1S/C24H32N2O2/c1-6-7-20(23-21(27)13-24(4,5)14-22(23)28)25-11-10-17-16(3)26-19-9-8-15(2)12-18(17)19/h8-9,12,26-27H,6-7,10-11,13-14H2,1-5H3. The minimum atomic E-state index is -0.180. The molecule has 1 aromatic heterocycles. The lowest BCUT2D eigenvalue weighted by molar-refractivity contribution is -0.117. The average molecular weight is 381 g/mol. The molecular formula is C24H32N2O2. The Morgan fingerprint density at radius 1 is 1.25 bits per heavy atom. The third-order valence-electron chi connectivity index (χ3n) is 5.57. The number of allylic oxidation sites excluding steroid dienone is 2. The summed E-state index contributed by atoms with van der Waals surface area (Å²) in [6, 6.07) is 6.45. The molecule has 2 aromatic rings. The van der Waals surface area contributed by atoms with E-state index in [-0.39, 0.29) is 17.0 Å². The number of nitrogens with one attached hydrogen (secondary N) is 1. The van der Waals surface area contributed by atoms with Crippen molar-refractivity contribution in [3.8, 4) is 0 Å². The first-order chi connectivity index (χ1) is 13.2. The molecule has 0 aliphatic heterocycles. The van der Waals surface area contributed by atoms with Gasteiger partial charge in [0.2, 0.25) is 0 Å². The summed E-state index contributed by atoms with van der Waals surface area (Å²) in [4.78, 5) is 20.9. The number of carbonyl (C=O) groups is 1. The number of rotatable bonds is 6. The minimum absolute atomic E-state index is 0.0276. The third kappa shape index (κ3) is 4.21. The van der Waals surface area contributed by atoms with Crippen molar-refractivity contribution in [3.63, 3.8) is 0 Å². The van der Waals surface area contributed by atoms with Gasteiger partial charge in [0.25, 0.3) is 0 Å². The molecule has 0 atom stereocenters. The summed E-state index contributed by atoms with van der Waals surface area (Å²) in [5.41, 5.74) is 5.93. The zero-order valence-electron chi connectivity index (χ0n) is 17.8. The molecule has 0 bridgehead atoms. The molecule has 28 heavy (non-hydrogen) atoms. The monoisotopic (exact) mass is 380 g/mol. The van der Waals surface area contributed by atoms with Crippen LogP contribution in [0.3, 0.4) is 0 Å². The third-order valence-corrected chi connectivity index (χ3v) is 5.57. The van der Waals surface area contributed by atoms with E-state index in [0.29, 0.717) is 25.0 Å². The number of fused-ring (bicyclic) bond motifs is 1. The smallest absolute Gasteiger partial charge is 0.168 e. The number of ketones is 1. The Morgan fingerprint density at radius 2 is 2.00 bits per heavy atom. The van der Waals surface area contributed by atoms with Crippen LogP contribution < -0.4 is 0 Å². The van der Waals surface area contributed by atoms with Gasteiger partial charge in [-0.2, -0.15) is 0 Å². The Balaban J connectivity index is 1.86. The van der Waals surface area contributed by atoms with E-state index in [1.807, 2.05) is 13.8 Å². The Bertz CT molecular complexity index is 960. The summed E-state index contributed by atoms with van der Waals surface area (Å²) in [6.07, 6.45) is 3.44. The Hall–Kier alpha value is -2.36. The number of carbonyl (C=O) groups excluding carboxylic acids is 1. The van der Waals surface area contributed by atoms with Crippen molar-refractivity contribution in [2.24, 2.45) is 10.4 Å². The number of nitrogens with zero attached hydrogens (tertiary/aromatic N) is 1. The summed E-state index contributed by atoms with van der Waals surface area (Å²) in [7, 11) is 0. The van der Waals surface area contributed by atoms with Crippen molar-refractivity contribution in [2.75, 3.05) is 6.54 Å². The van der Waals surface area contributed by atoms with E-state index < -0.39 is 0 Å². The molecule has 0 saturated carbocycles. The maximum absolute atomic E-state index is 12.7. The van der Waals surface area contributed by atoms with Gasteiger partial charge in [-0.3, -0.25) is 9.79 Å². The number of aliphatic hydroxyl groups excluding tert-OH is 1. The molecule has 150 valence electrons. The van der Waals surface area contributed by atoms with Crippen molar-refractivity contribution >= 4 is 22.4 Å². The van der Waals surface area contributed by atoms with Crippen LogP contribution in [-0.2, 0) is 11.2 Å². The highest BCUT2D eigenvalue weighted by Crippen LogP contribution is 2.36. The van der Waals surface area contributed by atoms with Gasteiger partial charge in [-0.25, -0.2) is 0 Å². The number of hydrogen-bond acceptors (Lipinski definition) is 3. The number of hydrogen-bond donors (Lipinski definition) is 2. The van der Waals surface area contributed by atoms with Crippen LogP contribution in [-0.4, -0.2) is 28.1 Å². The van der Waals surface area contributed by atoms with Gasteiger partial charge in [0, 0.05) is 41.7 Å². The number of aromatic nitrogens is 1. The summed E-state index contributed by atoms with van der Waals surface area (Å²) in [6.45, 7) is 10.9. The zero-order chi connectivity index (χ0) is 20.5. The topological polar surface area (TPSA) is 65.4 Å². The number of aromatic amines is 1. The lowest BCUT2D eigenvalue weighted by Gasteiger charge is -2.30. The molecule has 0 unspecified atom stereocenters. The van der Waals surface area contributed by atoms with Gasteiger partial charge in [0.15, 0.2) is 5.78 Å². The van der Waals surface area contributed by atoms with Crippen LogP contribution in [0.2, 0.25) is 0 Å². The highest BCUT2D eigenvalue weighted by Gasteiger charge is 2.34. The van der Waals surface area contributed by atoms with Gasteiger partial charge < -0.3 is 10.1 Å². The highest BCUT2D eigenvalue weighted by atomic mass is 16.3. The van der Waals surface area contributed by atoms with Crippen LogP contribution in [0.5, 0.6) is 0 Å². The molecule has 1 aromatic carbocycles. The van der Waals surface area contributed by atoms with Gasteiger partial charge in [-0.15, -0.1) is 0 Å². The average Bonchev–Trinajstić information content (AvgIpc) is 2.88. The van der Waals surface area contributed by atoms with Crippen molar-refractivity contribution < 1.29 is 9.90 Å². The van der Waals surface area contributed by atoms with Crippen LogP contribution in [0.1, 0.15) is 63.3 Å². The first-order valence-corrected chi connectivity index (χ1v) is 10.3. The molecule has 3 rings (SSSR count). The molecule has 1 aliphatic carbocycles. The van der Waals surface area contributed by atoms with E-state index in [1.165, 1.54) is 22.2 Å². The molecule has 4 heteroatoms. The van der Waals surface area contributed by atoms with Gasteiger partial charge in [0.1, 0.15) is 5.76 Å². The second-order valence-corrected chi connectivity index (χ2v) is 8.87. The van der Waals surface area contributed by atoms with Crippen molar-refractivity contribution in [3.05, 3.63) is 46.4 Å². The SMILES string of the molecule is CCCC(=NCCc1c(C)[nH]c2ccc(C)cc12)C1=C(O)CC(C)(C)CC1=O. The molecule has 0 radical (unpaired) electrons. The van der Waals surface area contributed by atoms with Crippen molar-refractivity contribution in [2.45, 2.75) is 66.7 Å². The first-order valence-electron chi connectivity index (χ1n) is 10.3. The highest BCUT2D eigenvalue weighted by molar-refractivity contribution is 6.23. The first kappa shape index (κ1) is 20.4. The maximum Gasteiger partial charge on any atom is 0.168 e. The quantitative estimate of drug-likeness (QED) is 0.625. The Labute approximate surface area is 167 Å². The number of aliphatic hydroxyl groups is 1. The van der Waals surface area contributed by atoms with E-state index in [0.717, 1.165) is 30.5 Å². The summed E-state index contributed by atoms with van der Waals surface area (Å²) in [5, 5.41) is 11.8. The molecule has 0 fully saturated rings. The molecular weight excluding hydrogens is 348 g/mol. The van der Waals surface area contributed by atoms with Gasteiger partial charge in [-0.05, 0) is 49.8 Å². The van der Waals surface area contributed by atoms with E-state index in [9.17, 15) is 9.90 Å². The van der Waals surface area contributed by atoms with Gasteiger partial charge in [-0.1, -0.05) is 38.8 Å². The molecule has 1 aliphatic rings. The lowest BCUT2D eigenvalue weighted by Crippen LogP contribution is -2.29. The summed E-state index contributed by atoms with van der Waals surface area (Å²) < 4.78 is 0. The number of Topliss-reactive ketones (excluding diaryl/α,β-unsaturated/α-hetero) is 1. The normalized spacial score (nSPS) is 17.6. The Morgan fingerprint density at radius 3 is 2.68 bits per heavy atom. The van der Waals surface area contributed by atoms with Gasteiger partial charge >= 0.3 is 0 Å². The van der Waals surface area contributed by atoms with Crippen LogP contribution in [0.15, 0.2) is 34.5 Å². The number of H-pyrrole nitrogens is 1. The van der Waals surface area contributed by atoms with E-state index in [2.05, 4.69) is 44.0 Å². The molecule has 0 saturated heterocycles. The largest absolute Gasteiger partial charge is 0.511 e. The predicted octanol–water partition coefficient (Wildman–Crippen LogP) is 5.77. The molecule has 1 heterocycles. The van der Waals surface area contributed by atoms with Crippen molar-refractivity contribution in [1.29, 1.82) is 0 Å². The maximum atomic E-state index is 12.7. The number of aliphatic imine (C=N–C) groups is 1. The van der Waals surface area contributed by atoms with Crippen molar-refractivity contribution in [1.82, 2.24) is 4.98 Å². The van der Waals surface area contributed by atoms with Crippen LogP contribution >= 0.6 is 0 Å². The fourth-order valence-corrected chi connectivity index (χ4v) is 4.26. The van der Waals surface area contributed by atoms with E-state index in [1.54, 1.807) is 0 Å². The Kier molecular flexibility index (Phi) is 5.78.